The standard InChI is InChI=1S/C14H20F2N2OS/c1-20-7-5-3-2-4-6-18-14(19)10-8-11(15)12(16)9-13(10)17/h8-9H,2-7,17H2,1H3,(H,18,19). The first-order valence-electron chi connectivity index (χ1n) is 6.58. The van der Waals surface area contributed by atoms with Gasteiger partial charge in [0.15, 0.2) is 11.6 Å². The molecule has 6 heteroatoms. The molecule has 20 heavy (non-hydrogen) atoms. The third kappa shape index (κ3) is 5.36. The van der Waals surface area contributed by atoms with Gasteiger partial charge in [0, 0.05) is 18.3 Å². The van der Waals surface area contributed by atoms with Gasteiger partial charge in [0.25, 0.3) is 5.91 Å². The number of carbonyl (C=O) groups is 1. The van der Waals surface area contributed by atoms with Crippen molar-refractivity contribution in [3.05, 3.63) is 29.3 Å². The summed E-state index contributed by atoms with van der Waals surface area (Å²) in [6.45, 7) is 0.510. The van der Waals surface area contributed by atoms with Gasteiger partial charge in [-0.15, -0.1) is 0 Å². The summed E-state index contributed by atoms with van der Waals surface area (Å²) in [5.74, 6) is -1.43. The van der Waals surface area contributed by atoms with E-state index in [0.29, 0.717) is 6.54 Å². The summed E-state index contributed by atoms with van der Waals surface area (Å²) in [7, 11) is 0. The number of halogens is 2. The van der Waals surface area contributed by atoms with Crippen molar-refractivity contribution in [3.63, 3.8) is 0 Å². The van der Waals surface area contributed by atoms with E-state index in [0.717, 1.165) is 37.1 Å². The first kappa shape index (κ1) is 16.8. The average Bonchev–Trinajstić information content (AvgIpc) is 2.41. The van der Waals surface area contributed by atoms with Gasteiger partial charge in [-0.1, -0.05) is 12.8 Å². The highest BCUT2D eigenvalue weighted by molar-refractivity contribution is 7.98. The molecule has 3 nitrogen and oxygen atoms in total. The van der Waals surface area contributed by atoms with E-state index in [-0.39, 0.29) is 11.3 Å². The number of amides is 1. The molecule has 0 saturated heterocycles. The second-order valence-electron chi connectivity index (χ2n) is 4.52. The van der Waals surface area contributed by atoms with E-state index in [4.69, 9.17) is 5.73 Å². The van der Waals surface area contributed by atoms with Crippen molar-refractivity contribution in [1.29, 1.82) is 0 Å². The molecule has 0 bridgehead atoms. The minimum Gasteiger partial charge on any atom is -0.398 e. The Kier molecular flexibility index (Phi) is 7.36. The monoisotopic (exact) mass is 302 g/mol. The Bertz CT molecular complexity index is 455. The predicted octanol–water partition coefficient (Wildman–Crippen LogP) is 3.20. The molecule has 112 valence electrons. The fourth-order valence-electron chi connectivity index (χ4n) is 1.78. The summed E-state index contributed by atoms with van der Waals surface area (Å²) in [5, 5.41) is 2.66. The van der Waals surface area contributed by atoms with Crippen LogP contribution < -0.4 is 11.1 Å². The minimum atomic E-state index is -1.07. The molecule has 0 aliphatic heterocycles. The van der Waals surface area contributed by atoms with Gasteiger partial charge < -0.3 is 11.1 Å². The van der Waals surface area contributed by atoms with E-state index in [1.165, 1.54) is 6.42 Å². The second-order valence-corrected chi connectivity index (χ2v) is 5.50. The molecule has 0 radical (unpaired) electrons. The van der Waals surface area contributed by atoms with Crippen molar-refractivity contribution in [2.75, 3.05) is 24.3 Å². The molecule has 0 saturated carbocycles. The molecular weight excluding hydrogens is 282 g/mol. The third-order valence-electron chi connectivity index (χ3n) is 2.90. The zero-order valence-electron chi connectivity index (χ0n) is 11.5. The van der Waals surface area contributed by atoms with Gasteiger partial charge in [0.2, 0.25) is 0 Å². The fourth-order valence-corrected chi connectivity index (χ4v) is 2.27. The van der Waals surface area contributed by atoms with Crippen LogP contribution in [0.15, 0.2) is 12.1 Å². The van der Waals surface area contributed by atoms with E-state index in [9.17, 15) is 13.6 Å². The van der Waals surface area contributed by atoms with Gasteiger partial charge in [-0.25, -0.2) is 8.78 Å². The maximum absolute atomic E-state index is 13.1. The number of nitrogens with two attached hydrogens (primary N) is 1. The molecule has 1 amide bonds. The number of unbranched alkanes of at least 4 members (excludes halogenated alkanes) is 3. The summed E-state index contributed by atoms with van der Waals surface area (Å²) >= 11 is 1.82. The first-order valence-corrected chi connectivity index (χ1v) is 7.97. The first-order chi connectivity index (χ1) is 9.56. The van der Waals surface area contributed by atoms with Crippen molar-refractivity contribution < 1.29 is 13.6 Å². The number of nitrogens with one attached hydrogen (secondary N) is 1. The maximum atomic E-state index is 13.1. The lowest BCUT2D eigenvalue weighted by atomic mass is 10.1. The van der Waals surface area contributed by atoms with Crippen molar-refractivity contribution in [2.24, 2.45) is 0 Å². The van der Waals surface area contributed by atoms with Crippen LogP contribution in [-0.4, -0.2) is 24.5 Å². The summed E-state index contributed by atoms with van der Waals surface area (Å²) in [6.07, 6.45) is 6.28. The van der Waals surface area contributed by atoms with Crippen LogP contribution >= 0.6 is 11.8 Å². The smallest absolute Gasteiger partial charge is 0.253 e. The van der Waals surface area contributed by atoms with Gasteiger partial charge >= 0.3 is 0 Å². The largest absolute Gasteiger partial charge is 0.398 e. The number of benzene rings is 1. The number of anilines is 1. The number of hydrogen-bond donors (Lipinski definition) is 2. The molecule has 0 unspecified atom stereocenters. The second kappa shape index (κ2) is 8.79. The molecular formula is C14H20F2N2OS. The van der Waals surface area contributed by atoms with Crippen molar-refractivity contribution in [2.45, 2.75) is 25.7 Å². The van der Waals surface area contributed by atoms with Crippen LogP contribution in [0.4, 0.5) is 14.5 Å². The average molecular weight is 302 g/mol. The van der Waals surface area contributed by atoms with Gasteiger partial charge in [-0.3, -0.25) is 4.79 Å². The molecule has 0 heterocycles. The Labute approximate surface area is 122 Å². The highest BCUT2D eigenvalue weighted by atomic mass is 32.2. The van der Waals surface area contributed by atoms with Crippen molar-refractivity contribution >= 4 is 23.4 Å². The molecule has 0 spiro atoms. The van der Waals surface area contributed by atoms with Crippen LogP contribution in [0.25, 0.3) is 0 Å². The fraction of sp³-hybridized carbons (Fsp3) is 0.500. The SMILES string of the molecule is CSCCCCCCNC(=O)c1cc(F)c(F)cc1N. The van der Waals surface area contributed by atoms with Crippen molar-refractivity contribution in [1.82, 2.24) is 5.32 Å². The molecule has 1 aromatic carbocycles. The van der Waals surface area contributed by atoms with E-state index in [1.807, 2.05) is 11.8 Å². The van der Waals surface area contributed by atoms with Crippen LogP contribution in [0.3, 0.4) is 0 Å². The highest BCUT2D eigenvalue weighted by Gasteiger charge is 2.13. The van der Waals surface area contributed by atoms with Crippen LogP contribution in [0.1, 0.15) is 36.0 Å². The Balaban J connectivity index is 2.34. The number of nitrogen functional groups attached to an aromatic ring is 1. The van der Waals surface area contributed by atoms with Crippen LogP contribution in [0, 0.1) is 11.6 Å². The van der Waals surface area contributed by atoms with E-state index >= 15 is 0 Å². The van der Waals surface area contributed by atoms with Crippen LogP contribution in [0.5, 0.6) is 0 Å². The maximum Gasteiger partial charge on any atom is 0.253 e. The molecule has 0 aliphatic carbocycles. The summed E-state index contributed by atoms with van der Waals surface area (Å²) in [5.41, 5.74) is 5.43. The van der Waals surface area contributed by atoms with E-state index in [2.05, 4.69) is 11.6 Å². The Morgan fingerprint density at radius 1 is 1.20 bits per heavy atom. The number of carbonyl (C=O) groups excluding carboxylic acids is 1. The highest BCUT2D eigenvalue weighted by Crippen LogP contribution is 2.16. The summed E-state index contributed by atoms with van der Waals surface area (Å²) in [4.78, 5) is 11.8. The molecule has 0 aromatic heterocycles. The Morgan fingerprint density at radius 3 is 2.55 bits per heavy atom. The predicted molar refractivity (Wildman–Crippen MR) is 80.0 cm³/mol. The van der Waals surface area contributed by atoms with Gasteiger partial charge in [-0.05, 0) is 30.9 Å². The third-order valence-corrected chi connectivity index (χ3v) is 3.59. The minimum absolute atomic E-state index is 0.0220. The Hall–Kier alpha value is -1.30. The summed E-state index contributed by atoms with van der Waals surface area (Å²) < 4.78 is 26.0. The van der Waals surface area contributed by atoms with E-state index in [1.54, 1.807) is 0 Å². The quantitative estimate of drug-likeness (QED) is 0.573. The Morgan fingerprint density at radius 2 is 1.85 bits per heavy atom. The molecule has 0 aliphatic rings. The van der Waals surface area contributed by atoms with Gasteiger partial charge in [0.05, 0.1) is 5.56 Å². The molecule has 1 aromatic rings. The van der Waals surface area contributed by atoms with Crippen LogP contribution in [-0.2, 0) is 0 Å². The summed E-state index contributed by atoms with van der Waals surface area (Å²) in [6, 6.07) is 1.66. The number of thioether (sulfide) groups is 1. The topological polar surface area (TPSA) is 55.1 Å². The normalized spacial score (nSPS) is 10.6. The molecule has 1 rings (SSSR count). The number of hydrogen-bond acceptors (Lipinski definition) is 3. The zero-order chi connectivity index (χ0) is 15.0. The zero-order valence-corrected chi connectivity index (χ0v) is 12.4. The lowest BCUT2D eigenvalue weighted by Gasteiger charge is -2.08. The lowest BCUT2D eigenvalue weighted by molar-refractivity contribution is 0.0953. The lowest BCUT2D eigenvalue weighted by Crippen LogP contribution is -2.25. The van der Waals surface area contributed by atoms with Gasteiger partial charge in [0.1, 0.15) is 0 Å². The number of rotatable bonds is 8. The van der Waals surface area contributed by atoms with Gasteiger partial charge in [-0.2, -0.15) is 11.8 Å². The van der Waals surface area contributed by atoms with E-state index < -0.39 is 17.5 Å². The van der Waals surface area contributed by atoms with Crippen molar-refractivity contribution in [3.8, 4) is 0 Å². The van der Waals surface area contributed by atoms with Crippen LogP contribution in [0.2, 0.25) is 0 Å². The molecule has 0 fully saturated rings. The molecule has 0 atom stereocenters. The molecule has 3 N–H and O–H groups in total.